The minimum atomic E-state index is 0.500. The van der Waals surface area contributed by atoms with Crippen molar-refractivity contribution in [3.8, 4) is 11.1 Å². The summed E-state index contributed by atoms with van der Waals surface area (Å²) in [5.41, 5.74) is 8.05. The van der Waals surface area contributed by atoms with Gasteiger partial charge in [-0.15, -0.1) is 0 Å². The molecule has 0 amide bonds. The van der Waals surface area contributed by atoms with Gasteiger partial charge >= 0.3 is 0 Å². The highest BCUT2D eigenvalue weighted by atomic mass is 14.3. The molecule has 0 N–H and O–H groups in total. The second kappa shape index (κ2) is 3.59. The quantitative estimate of drug-likeness (QED) is 0.644. The Kier molecular flexibility index (Phi) is 2.19. The highest BCUT2D eigenvalue weighted by Crippen LogP contribution is 2.44. The summed E-state index contributed by atoms with van der Waals surface area (Å²) < 4.78 is 0. The average Bonchev–Trinajstić information content (AvgIpc) is 2.64. The molecule has 0 radical (unpaired) electrons. The number of fused-ring (bicyclic) bond motifs is 3. The Morgan fingerprint density at radius 3 is 2.47 bits per heavy atom. The summed E-state index contributed by atoms with van der Waals surface area (Å²) in [6.45, 7) is 8.37. The normalized spacial score (nSPS) is 16.5. The van der Waals surface area contributed by atoms with E-state index in [-0.39, 0.29) is 0 Å². The first-order chi connectivity index (χ1) is 8.18. The smallest absolute Gasteiger partial charge is 0.00735 e. The van der Waals surface area contributed by atoms with E-state index in [2.05, 4.69) is 62.9 Å². The Morgan fingerprint density at radius 1 is 1.00 bits per heavy atom. The monoisotopic (exact) mass is 220 g/mol. The fourth-order valence-electron chi connectivity index (χ4n) is 2.72. The molecule has 1 atom stereocenters. The van der Waals surface area contributed by atoms with Crippen molar-refractivity contribution in [1.82, 2.24) is 0 Å². The third kappa shape index (κ3) is 1.44. The van der Waals surface area contributed by atoms with Gasteiger partial charge in [0.2, 0.25) is 0 Å². The van der Waals surface area contributed by atoms with E-state index in [1.54, 1.807) is 0 Å². The minimum absolute atomic E-state index is 0.500. The summed E-state index contributed by atoms with van der Waals surface area (Å²) in [5, 5.41) is 0. The van der Waals surface area contributed by atoms with Gasteiger partial charge in [0.05, 0.1) is 0 Å². The van der Waals surface area contributed by atoms with Crippen molar-refractivity contribution < 1.29 is 0 Å². The predicted molar refractivity (Wildman–Crippen MR) is 74.1 cm³/mol. The van der Waals surface area contributed by atoms with Crippen LogP contribution in [0.25, 0.3) is 16.7 Å². The molecule has 0 bridgehead atoms. The summed E-state index contributed by atoms with van der Waals surface area (Å²) in [4.78, 5) is 0. The van der Waals surface area contributed by atoms with Crippen LogP contribution in [0, 0.1) is 0 Å². The maximum absolute atomic E-state index is 4.03. The van der Waals surface area contributed by atoms with Gasteiger partial charge in [-0.3, -0.25) is 0 Å². The maximum Gasteiger partial charge on any atom is 0.00735 e. The second-order valence-corrected chi connectivity index (χ2v) is 4.89. The van der Waals surface area contributed by atoms with Crippen LogP contribution in [0.5, 0.6) is 0 Å². The van der Waals surface area contributed by atoms with E-state index < -0.39 is 0 Å². The fourth-order valence-corrected chi connectivity index (χ4v) is 2.72. The van der Waals surface area contributed by atoms with E-state index >= 15 is 0 Å². The van der Waals surface area contributed by atoms with E-state index in [1.165, 1.54) is 27.8 Å². The van der Waals surface area contributed by atoms with E-state index in [0.29, 0.717) is 5.92 Å². The summed E-state index contributed by atoms with van der Waals surface area (Å²) in [6, 6.07) is 15.4. The largest absolute Gasteiger partial charge is 0.0955 e. The Balaban J connectivity index is 2.24. The molecule has 0 aromatic heterocycles. The van der Waals surface area contributed by atoms with Gasteiger partial charge in [-0.25, -0.2) is 0 Å². The van der Waals surface area contributed by atoms with Crippen molar-refractivity contribution in [2.45, 2.75) is 19.8 Å². The van der Waals surface area contributed by atoms with Crippen molar-refractivity contribution in [1.29, 1.82) is 0 Å². The molecule has 0 nitrogen and oxygen atoms in total. The number of hydrogen-bond donors (Lipinski definition) is 0. The molecule has 0 unspecified atom stereocenters. The lowest BCUT2D eigenvalue weighted by molar-refractivity contribution is 0.956. The molecule has 0 heterocycles. The zero-order valence-electron chi connectivity index (χ0n) is 10.3. The minimum Gasteiger partial charge on any atom is -0.0955 e. The molecule has 84 valence electrons. The van der Waals surface area contributed by atoms with Crippen LogP contribution < -0.4 is 0 Å². The van der Waals surface area contributed by atoms with Gasteiger partial charge in [-0.2, -0.15) is 0 Å². The van der Waals surface area contributed by atoms with Gasteiger partial charge in [-0.05, 0) is 34.7 Å². The molecule has 2 aromatic carbocycles. The van der Waals surface area contributed by atoms with Crippen LogP contribution in [0.2, 0.25) is 0 Å². The fraction of sp³-hybridized carbons (Fsp3) is 0.176. The van der Waals surface area contributed by atoms with Crippen LogP contribution in [0.15, 0.2) is 49.0 Å². The summed E-state index contributed by atoms with van der Waals surface area (Å²) >= 11 is 0. The van der Waals surface area contributed by atoms with E-state index in [9.17, 15) is 0 Å². The van der Waals surface area contributed by atoms with Crippen LogP contribution >= 0.6 is 0 Å². The van der Waals surface area contributed by atoms with Gasteiger partial charge in [0.25, 0.3) is 0 Å². The van der Waals surface area contributed by atoms with Crippen LogP contribution in [0.4, 0.5) is 0 Å². The first-order valence-corrected chi connectivity index (χ1v) is 6.07. The molecule has 1 aliphatic carbocycles. The standard InChI is InChI=1S/C17H16/c1-11(2)13-8-9-16-15-7-5-4-6-14(15)12(3)17(16)10-13/h4-10,12H,1H2,2-3H3/t12-/m0/s1. The molecule has 0 spiro atoms. The molecule has 0 fully saturated rings. The van der Waals surface area contributed by atoms with Crippen LogP contribution in [0.1, 0.15) is 36.5 Å². The zero-order chi connectivity index (χ0) is 12.0. The van der Waals surface area contributed by atoms with Crippen molar-refractivity contribution in [3.05, 3.63) is 65.7 Å². The molecule has 17 heavy (non-hydrogen) atoms. The highest BCUT2D eigenvalue weighted by Gasteiger charge is 2.24. The molecular formula is C17H16. The highest BCUT2D eigenvalue weighted by molar-refractivity contribution is 5.80. The lowest BCUT2D eigenvalue weighted by Gasteiger charge is -2.08. The average molecular weight is 220 g/mol. The Morgan fingerprint density at radius 2 is 1.71 bits per heavy atom. The molecule has 3 rings (SSSR count). The third-order valence-corrected chi connectivity index (χ3v) is 3.73. The van der Waals surface area contributed by atoms with Crippen molar-refractivity contribution in [2.75, 3.05) is 0 Å². The second-order valence-electron chi connectivity index (χ2n) is 4.89. The summed E-state index contributed by atoms with van der Waals surface area (Å²) in [5.74, 6) is 0.500. The number of benzene rings is 2. The van der Waals surface area contributed by atoms with Crippen LogP contribution in [-0.4, -0.2) is 0 Å². The van der Waals surface area contributed by atoms with Crippen molar-refractivity contribution >= 4 is 5.57 Å². The molecule has 0 heteroatoms. The number of rotatable bonds is 1. The first kappa shape index (κ1) is 10.3. The third-order valence-electron chi connectivity index (χ3n) is 3.73. The van der Waals surface area contributed by atoms with Crippen LogP contribution in [0.3, 0.4) is 0 Å². The molecular weight excluding hydrogens is 204 g/mol. The lowest BCUT2D eigenvalue weighted by atomic mass is 9.96. The van der Waals surface area contributed by atoms with Gasteiger partial charge < -0.3 is 0 Å². The van der Waals surface area contributed by atoms with E-state index in [0.717, 1.165) is 5.57 Å². The molecule has 0 saturated carbocycles. The van der Waals surface area contributed by atoms with Crippen LogP contribution in [-0.2, 0) is 0 Å². The van der Waals surface area contributed by atoms with Gasteiger partial charge in [0, 0.05) is 5.92 Å². The SMILES string of the molecule is C=C(C)c1ccc2c(c1)[C@@H](C)c1ccccc1-2. The Bertz CT molecular complexity index is 605. The Hall–Kier alpha value is -1.82. The van der Waals surface area contributed by atoms with Gasteiger partial charge in [0.1, 0.15) is 0 Å². The zero-order valence-corrected chi connectivity index (χ0v) is 10.3. The molecule has 0 saturated heterocycles. The van der Waals surface area contributed by atoms with Crippen molar-refractivity contribution in [2.24, 2.45) is 0 Å². The Labute approximate surface area is 103 Å². The summed E-state index contributed by atoms with van der Waals surface area (Å²) in [6.07, 6.45) is 0. The molecule has 2 aromatic rings. The predicted octanol–water partition coefficient (Wildman–Crippen LogP) is 4.85. The number of hydrogen-bond acceptors (Lipinski definition) is 0. The van der Waals surface area contributed by atoms with E-state index in [4.69, 9.17) is 0 Å². The number of allylic oxidation sites excluding steroid dienone is 1. The van der Waals surface area contributed by atoms with E-state index in [1.807, 2.05) is 0 Å². The lowest BCUT2D eigenvalue weighted by Crippen LogP contribution is -1.90. The molecule has 0 aliphatic heterocycles. The first-order valence-electron chi connectivity index (χ1n) is 6.07. The topological polar surface area (TPSA) is 0 Å². The van der Waals surface area contributed by atoms with Gasteiger partial charge in [-0.1, -0.05) is 61.5 Å². The molecule has 1 aliphatic rings. The van der Waals surface area contributed by atoms with Crippen molar-refractivity contribution in [3.63, 3.8) is 0 Å². The van der Waals surface area contributed by atoms with Gasteiger partial charge in [0.15, 0.2) is 0 Å². The summed E-state index contributed by atoms with van der Waals surface area (Å²) in [7, 11) is 0. The maximum atomic E-state index is 4.03.